The molecule has 0 radical (unpaired) electrons. The summed E-state index contributed by atoms with van der Waals surface area (Å²) in [6, 6.07) is 8.78. The Morgan fingerprint density at radius 3 is 2.67 bits per heavy atom. The van der Waals surface area contributed by atoms with E-state index in [0.717, 1.165) is 11.8 Å². The van der Waals surface area contributed by atoms with Gasteiger partial charge in [-0.3, -0.25) is 0 Å². The Hall–Kier alpha value is -1.55. The molecule has 3 unspecified atom stereocenters. The predicted molar refractivity (Wildman–Crippen MR) is 54.3 cm³/mol. The van der Waals surface area contributed by atoms with Crippen molar-refractivity contribution in [1.29, 1.82) is 0 Å². The number of benzene rings is 1. The zero-order valence-corrected chi connectivity index (χ0v) is 8.08. The van der Waals surface area contributed by atoms with E-state index in [0.29, 0.717) is 0 Å². The van der Waals surface area contributed by atoms with Crippen molar-refractivity contribution < 1.29 is 9.53 Å². The third-order valence-electron chi connectivity index (χ3n) is 2.64. The summed E-state index contributed by atoms with van der Waals surface area (Å²) in [5.41, 5.74) is 0.895. The van der Waals surface area contributed by atoms with Crippen LogP contribution >= 0.6 is 0 Å². The Bertz CT molecular complexity index is 352. The van der Waals surface area contributed by atoms with Crippen LogP contribution in [0, 0.1) is 10.8 Å². The lowest BCUT2D eigenvalue weighted by atomic mass is 9.96. The molecule has 0 bridgehead atoms. The maximum absolute atomic E-state index is 10.7. The average Bonchev–Trinajstić information content (AvgIpc) is 2.72. The van der Waals surface area contributed by atoms with E-state index in [4.69, 9.17) is 4.74 Å². The molecule has 0 saturated carbocycles. The highest BCUT2D eigenvalue weighted by molar-refractivity contribution is 5.56. The number of carbonyl (C=O) groups excluding carboxylic acids is 1. The molecular formula is C11H11NO3. The van der Waals surface area contributed by atoms with Gasteiger partial charge in [0.25, 0.3) is 0 Å². The number of rotatable bonds is 3. The zero-order valence-electron chi connectivity index (χ0n) is 8.08. The molecule has 0 amide bonds. The van der Waals surface area contributed by atoms with Gasteiger partial charge in [-0.2, -0.15) is 4.91 Å². The van der Waals surface area contributed by atoms with Gasteiger partial charge in [0.1, 0.15) is 18.4 Å². The molecule has 1 aromatic rings. The number of ether oxygens (including phenoxy) is 1. The predicted octanol–water partition coefficient (Wildman–Crippen LogP) is 1.71. The van der Waals surface area contributed by atoms with Gasteiger partial charge in [0, 0.05) is 0 Å². The van der Waals surface area contributed by atoms with Crippen LogP contribution in [0.15, 0.2) is 35.5 Å². The summed E-state index contributed by atoms with van der Waals surface area (Å²) in [6.07, 6.45) is 0.369. The molecule has 1 aliphatic heterocycles. The Morgan fingerprint density at radius 1 is 1.33 bits per heavy atom. The lowest BCUT2D eigenvalue weighted by Crippen LogP contribution is -2.19. The van der Waals surface area contributed by atoms with Crippen molar-refractivity contribution in [2.24, 2.45) is 11.1 Å². The third-order valence-corrected chi connectivity index (χ3v) is 2.64. The second-order valence-corrected chi connectivity index (χ2v) is 3.56. The summed E-state index contributed by atoms with van der Waals surface area (Å²) in [7, 11) is 0. The van der Waals surface area contributed by atoms with Gasteiger partial charge in [0.15, 0.2) is 0 Å². The van der Waals surface area contributed by atoms with Crippen LogP contribution in [0.2, 0.25) is 0 Å². The fourth-order valence-corrected chi connectivity index (χ4v) is 1.83. The number of hydrogen-bond acceptors (Lipinski definition) is 4. The quantitative estimate of drug-likeness (QED) is 0.557. The summed E-state index contributed by atoms with van der Waals surface area (Å²) in [5.74, 6) is -0.410. The van der Waals surface area contributed by atoms with Crippen molar-refractivity contribution in [3.63, 3.8) is 0 Å². The number of nitroso groups, excluding NO2 is 1. The molecule has 1 aromatic carbocycles. The maximum Gasteiger partial charge on any atom is 0.134 e. The Labute approximate surface area is 87.2 Å². The maximum atomic E-state index is 10.7. The van der Waals surface area contributed by atoms with E-state index in [2.05, 4.69) is 5.18 Å². The van der Waals surface area contributed by atoms with Gasteiger partial charge in [-0.25, -0.2) is 0 Å². The Morgan fingerprint density at radius 2 is 2.07 bits per heavy atom. The number of carbonyl (C=O) groups is 1. The molecule has 4 heteroatoms. The first-order valence-electron chi connectivity index (χ1n) is 4.81. The van der Waals surface area contributed by atoms with Crippen LogP contribution in [-0.4, -0.2) is 18.9 Å². The summed E-state index contributed by atoms with van der Waals surface area (Å²) >= 11 is 0. The molecule has 2 rings (SSSR count). The van der Waals surface area contributed by atoms with Gasteiger partial charge in [0.2, 0.25) is 0 Å². The van der Waals surface area contributed by atoms with Gasteiger partial charge >= 0.3 is 0 Å². The molecule has 1 heterocycles. The van der Waals surface area contributed by atoms with E-state index in [9.17, 15) is 9.70 Å². The molecule has 0 N–H and O–H groups in total. The number of nitrogens with zero attached hydrogens (tertiary/aromatic N) is 1. The molecule has 3 atom stereocenters. The van der Waals surface area contributed by atoms with E-state index < -0.39 is 12.0 Å². The molecule has 4 nitrogen and oxygen atoms in total. The van der Waals surface area contributed by atoms with Crippen LogP contribution in [0.25, 0.3) is 0 Å². The molecular weight excluding hydrogens is 194 g/mol. The third kappa shape index (κ3) is 1.80. The molecule has 1 fully saturated rings. The van der Waals surface area contributed by atoms with Crippen molar-refractivity contribution in [2.75, 3.05) is 6.61 Å². The number of aldehydes is 1. The molecule has 0 aromatic heterocycles. The largest absolute Gasteiger partial charge is 0.370 e. The second-order valence-electron chi connectivity index (χ2n) is 3.56. The number of hydrogen-bond donors (Lipinski definition) is 0. The summed E-state index contributed by atoms with van der Waals surface area (Å²) in [4.78, 5) is 21.3. The van der Waals surface area contributed by atoms with Gasteiger partial charge in [-0.15, -0.1) is 0 Å². The Balaban J connectivity index is 2.24. The van der Waals surface area contributed by atoms with Gasteiger partial charge in [0.05, 0.1) is 12.5 Å². The average molecular weight is 205 g/mol. The van der Waals surface area contributed by atoms with Crippen molar-refractivity contribution in [3.8, 4) is 0 Å². The van der Waals surface area contributed by atoms with Crippen molar-refractivity contribution in [2.45, 2.75) is 12.1 Å². The minimum Gasteiger partial charge on any atom is -0.370 e. The van der Waals surface area contributed by atoms with Gasteiger partial charge in [-0.05, 0) is 5.56 Å². The van der Waals surface area contributed by atoms with Crippen LogP contribution < -0.4 is 0 Å². The van der Waals surface area contributed by atoms with E-state index in [1.807, 2.05) is 30.3 Å². The molecule has 1 aliphatic rings. The first-order valence-corrected chi connectivity index (χ1v) is 4.81. The lowest BCUT2D eigenvalue weighted by Gasteiger charge is -2.13. The molecule has 1 saturated heterocycles. The standard InChI is InChI=1S/C11H11NO3/c13-6-9-7-15-11(10(9)12-14)8-4-2-1-3-5-8/h1-6,9-11H,7H2. The first-order chi connectivity index (χ1) is 7.36. The van der Waals surface area contributed by atoms with Crippen LogP contribution in [0.4, 0.5) is 0 Å². The first kappa shape index (κ1) is 9.98. The van der Waals surface area contributed by atoms with E-state index in [-0.39, 0.29) is 12.7 Å². The normalized spacial score (nSPS) is 30.0. The topological polar surface area (TPSA) is 55.7 Å². The van der Waals surface area contributed by atoms with Crippen molar-refractivity contribution >= 4 is 6.29 Å². The Kier molecular flexibility index (Phi) is 2.87. The monoisotopic (exact) mass is 205 g/mol. The van der Waals surface area contributed by atoms with E-state index in [1.54, 1.807) is 0 Å². The van der Waals surface area contributed by atoms with Crippen LogP contribution in [0.5, 0.6) is 0 Å². The van der Waals surface area contributed by atoms with Gasteiger partial charge < -0.3 is 9.53 Å². The minimum absolute atomic E-state index is 0.277. The highest BCUT2D eigenvalue weighted by Gasteiger charge is 2.39. The van der Waals surface area contributed by atoms with E-state index >= 15 is 0 Å². The molecule has 78 valence electrons. The summed E-state index contributed by atoms with van der Waals surface area (Å²) in [6.45, 7) is 0.277. The van der Waals surface area contributed by atoms with E-state index in [1.165, 1.54) is 0 Å². The molecule has 0 aliphatic carbocycles. The lowest BCUT2D eigenvalue weighted by molar-refractivity contribution is -0.111. The fourth-order valence-electron chi connectivity index (χ4n) is 1.83. The molecule has 0 spiro atoms. The summed E-state index contributed by atoms with van der Waals surface area (Å²) in [5, 5.41) is 2.99. The SMILES string of the molecule is O=CC1COC(c2ccccc2)C1N=O. The van der Waals surface area contributed by atoms with Crippen LogP contribution in [-0.2, 0) is 9.53 Å². The molecule has 15 heavy (non-hydrogen) atoms. The highest BCUT2D eigenvalue weighted by Crippen LogP contribution is 2.34. The van der Waals surface area contributed by atoms with Gasteiger partial charge in [-0.1, -0.05) is 35.5 Å². The summed E-state index contributed by atoms with van der Waals surface area (Å²) < 4.78 is 5.42. The van der Waals surface area contributed by atoms with Crippen LogP contribution in [0.1, 0.15) is 11.7 Å². The minimum atomic E-state index is -0.593. The van der Waals surface area contributed by atoms with Crippen molar-refractivity contribution in [3.05, 3.63) is 40.8 Å². The smallest absolute Gasteiger partial charge is 0.134 e. The second kappa shape index (κ2) is 4.31. The fraction of sp³-hybridized carbons (Fsp3) is 0.364. The van der Waals surface area contributed by atoms with Crippen molar-refractivity contribution in [1.82, 2.24) is 0 Å². The van der Waals surface area contributed by atoms with Crippen LogP contribution in [0.3, 0.4) is 0 Å². The zero-order chi connectivity index (χ0) is 10.7. The highest BCUT2D eigenvalue weighted by atomic mass is 16.5.